The Kier molecular flexibility index (Phi) is 6.49. The number of anilines is 2. The molecule has 0 spiro atoms. The molecule has 7 nitrogen and oxygen atoms in total. The van der Waals surface area contributed by atoms with Crippen LogP contribution in [-0.4, -0.2) is 35.5 Å². The van der Waals surface area contributed by atoms with Gasteiger partial charge < -0.3 is 4.74 Å². The van der Waals surface area contributed by atoms with E-state index >= 15 is 0 Å². The zero-order valence-corrected chi connectivity index (χ0v) is 16.2. The zero-order chi connectivity index (χ0) is 19.2. The van der Waals surface area contributed by atoms with Crippen LogP contribution in [0.4, 0.5) is 11.4 Å². The molecule has 0 fully saturated rings. The molecule has 0 saturated heterocycles. The lowest BCUT2D eigenvalue weighted by Gasteiger charge is -2.11. The van der Waals surface area contributed by atoms with Gasteiger partial charge in [-0.25, -0.2) is 16.8 Å². The third-order valence-electron chi connectivity index (χ3n) is 3.39. The molecule has 0 unspecified atom stereocenters. The first-order valence-corrected chi connectivity index (χ1v) is 11.5. The highest BCUT2D eigenvalue weighted by molar-refractivity contribution is 7.92. The quantitative estimate of drug-likeness (QED) is 0.676. The third kappa shape index (κ3) is 6.93. The molecular weight excluding hydrogens is 376 g/mol. The highest BCUT2D eigenvalue weighted by Crippen LogP contribution is 2.17. The minimum Gasteiger partial charge on any atom is -0.492 e. The van der Waals surface area contributed by atoms with Gasteiger partial charge in [0.25, 0.3) is 0 Å². The molecule has 0 aliphatic carbocycles. The molecule has 0 aromatic heterocycles. The van der Waals surface area contributed by atoms with E-state index < -0.39 is 20.0 Å². The molecule has 2 N–H and O–H groups in total. The Hall–Kier alpha value is -2.26. The first-order chi connectivity index (χ1) is 12.2. The van der Waals surface area contributed by atoms with Crippen LogP contribution in [-0.2, 0) is 26.5 Å². The Labute approximate surface area is 154 Å². The summed E-state index contributed by atoms with van der Waals surface area (Å²) >= 11 is 0. The van der Waals surface area contributed by atoms with Crippen molar-refractivity contribution < 1.29 is 21.6 Å². The van der Waals surface area contributed by atoms with Crippen molar-refractivity contribution in [1.29, 1.82) is 0 Å². The van der Waals surface area contributed by atoms with E-state index in [1.807, 2.05) is 12.1 Å². The second-order valence-electron chi connectivity index (χ2n) is 5.72. The fraction of sp³-hybridized carbons (Fsp3) is 0.294. The van der Waals surface area contributed by atoms with E-state index in [9.17, 15) is 16.8 Å². The summed E-state index contributed by atoms with van der Waals surface area (Å²) in [5, 5.41) is 0. The first-order valence-electron chi connectivity index (χ1n) is 7.97. The van der Waals surface area contributed by atoms with Gasteiger partial charge in [0.05, 0.1) is 17.6 Å². The third-order valence-corrected chi connectivity index (χ3v) is 5.25. The van der Waals surface area contributed by atoms with Gasteiger partial charge in [-0.3, -0.25) is 9.44 Å². The molecule has 0 aliphatic heterocycles. The first kappa shape index (κ1) is 20.1. The summed E-state index contributed by atoms with van der Waals surface area (Å²) in [4.78, 5) is 0. The molecule has 26 heavy (non-hydrogen) atoms. The van der Waals surface area contributed by atoms with Crippen LogP contribution in [0, 0.1) is 0 Å². The van der Waals surface area contributed by atoms with E-state index in [2.05, 4.69) is 16.4 Å². The molecule has 2 aromatic rings. The molecular formula is C17H22N2O5S2. The van der Waals surface area contributed by atoms with Crippen LogP contribution < -0.4 is 14.2 Å². The van der Waals surface area contributed by atoms with Gasteiger partial charge in [0.2, 0.25) is 20.0 Å². The van der Waals surface area contributed by atoms with Crippen molar-refractivity contribution in [1.82, 2.24) is 0 Å². The Morgan fingerprint density at radius 3 is 2.12 bits per heavy atom. The van der Waals surface area contributed by atoms with Gasteiger partial charge in [0.15, 0.2) is 0 Å². The summed E-state index contributed by atoms with van der Waals surface area (Å²) in [6.45, 7) is 2.05. The summed E-state index contributed by atoms with van der Waals surface area (Å²) in [5.41, 5.74) is 1.72. The standard InChI is InChI=1S/C17H22N2O5S2/c1-3-14-7-9-17(10-8-14)24-11-12-26(22,23)19-16-6-4-5-15(13-16)18-25(2,20)21/h4-10,13,18-19H,3,11-12H2,1-2H3. The fourth-order valence-electron chi connectivity index (χ4n) is 2.18. The second kappa shape index (κ2) is 8.41. The van der Waals surface area contributed by atoms with E-state index in [1.165, 1.54) is 23.8 Å². The van der Waals surface area contributed by atoms with Gasteiger partial charge in [-0.2, -0.15) is 0 Å². The summed E-state index contributed by atoms with van der Waals surface area (Å²) in [6, 6.07) is 13.5. The lowest BCUT2D eigenvalue weighted by molar-refractivity contribution is 0.341. The Morgan fingerprint density at radius 2 is 1.54 bits per heavy atom. The molecule has 0 atom stereocenters. The molecule has 2 aromatic carbocycles. The van der Waals surface area contributed by atoms with Gasteiger partial charge >= 0.3 is 0 Å². The number of sulfonamides is 2. The number of rotatable bonds is 9. The predicted molar refractivity (Wildman–Crippen MR) is 104 cm³/mol. The summed E-state index contributed by atoms with van der Waals surface area (Å²) in [6.07, 6.45) is 1.94. The van der Waals surface area contributed by atoms with Crippen molar-refractivity contribution in [3.63, 3.8) is 0 Å². The smallest absolute Gasteiger partial charge is 0.236 e. The Morgan fingerprint density at radius 1 is 0.923 bits per heavy atom. The summed E-state index contributed by atoms with van der Waals surface area (Å²) in [7, 11) is -7.07. The monoisotopic (exact) mass is 398 g/mol. The molecule has 9 heteroatoms. The number of aryl methyl sites for hydroxylation is 1. The highest BCUT2D eigenvalue weighted by atomic mass is 32.2. The van der Waals surface area contributed by atoms with Crippen LogP contribution >= 0.6 is 0 Å². The lowest BCUT2D eigenvalue weighted by Crippen LogP contribution is -2.21. The normalized spacial score (nSPS) is 11.8. The molecule has 0 saturated carbocycles. The maximum atomic E-state index is 12.2. The molecule has 0 aliphatic rings. The van der Waals surface area contributed by atoms with Crippen LogP contribution in [0.2, 0.25) is 0 Å². The summed E-state index contributed by atoms with van der Waals surface area (Å²) < 4.78 is 57.0. The number of nitrogens with one attached hydrogen (secondary N) is 2. The maximum absolute atomic E-state index is 12.2. The van der Waals surface area contributed by atoms with Gasteiger partial charge in [0, 0.05) is 0 Å². The van der Waals surface area contributed by atoms with Gasteiger partial charge in [0.1, 0.15) is 18.1 Å². The predicted octanol–water partition coefficient (Wildman–Crippen LogP) is 2.44. The van der Waals surface area contributed by atoms with E-state index in [-0.39, 0.29) is 23.7 Å². The molecule has 0 radical (unpaired) electrons. The van der Waals surface area contributed by atoms with Crippen molar-refractivity contribution in [2.45, 2.75) is 13.3 Å². The highest BCUT2D eigenvalue weighted by Gasteiger charge is 2.12. The minimum absolute atomic E-state index is 0.00207. The lowest BCUT2D eigenvalue weighted by atomic mass is 10.2. The van der Waals surface area contributed by atoms with Crippen molar-refractivity contribution >= 4 is 31.4 Å². The molecule has 142 valence electrons. The van der Waals surface area contributed by atoms with E-state index in [1.54, 1.807) is 18.2 Å². The van der Waals surface area contributed by atoms with E-state index in [0.717, 1.165) is 12.7 Å². The molecule has 0 amide bonds. The van der Waals surface area contributed by atoms with Crippen LogP contribution in [0.25, 0.3) is 0 Å². The van der Waals surface area contributed by atoms with Crippen LogP contribution in [0.5, 0.6) is 5.75 Å². The van der Waals surface area contributed by atoms with Crippen LogP contribution in [0.15, 0.2) is 48.5 Å². The zero-order valence-electron chi connectivity index (χ0n) is 14.6. The SMILES string of the molecule is CCc1ccc(OCCS(=O)(=O)Nc2cccc(NS(C)(=O)=O)c2)cc1. The summed E-state index contributed by atoms with van der Waals surface area (Å²) in [5.74, 6) is 0.378. The maximum Gasteiger partial charge on any atom is 0.236 e. The number of ether oxygens (including phenoxy) is 1. The average molecular weight is 399 g/mol. The van der Waals surface area contributed by atoms with Gasteiger partial charge in [-0.1, -0.05) is 25.1 Å². The minimum atomic E-state index is -3.63. The van der Waals surface area contributed by atoms with Crippen LogP contribution in [0.3, 0.4) is 0 Å². The fourth-order valence-corrected chi connectivity index (χ4v) is 3.63. The topological polar surface area (TPSA) is 102 Å². The number of benzene rings is 2. The molecule has 0 heterocycles. The van der Waals surface area contributed by atoms with Crippen molar-refractivity contribution in [2.24, 2.45) is 0 Å². The van der Waals surface area contributed by atoms with Crippen molar-refractivity contribution in [3.8, 4) is 5.75 Å². The average Bonchev–Trinajstić information content (AvgIpc) is 2.53. The number of hydrogen-bond donors (Lipinski definition) is 2. The van der Waals surface area contributed by atoms with E-state index in [4.69, 9.17) is 4.74 Å². The molecule has 2 rings (SSSR count). The van der Waals surface area contributed by atoms with E-state index in [0.29, 0.717) is 5.75 Å². The Bertz CT molecular complexity index is 939. The number of hydrogen-bond acceptors (Lipinski definition) is 5. The van der Waals surface area contributed by atoms with Crippen molar-refractivity contribution in [2.75, 3.05) is 28.1 Å². The van der Waals surface area contributed by atoms with Crippen LogP contribution in [0.1, 0.15) is 12.5 Å². The second-order valence-corrected chi connectivity index (χ2v) is 9.31. The van der Waals surface area contributed by atoms with Crippen molar-refractivity contribution in [3.05, 3.63) is 54.1 Å². The van der Waals surface area contributed by atoms with Gasteiger partial charge in [-0.15, -0.1) is 0 Å². The molecule has 0 bridgehead atoms. The Balaban J connectivity index is 1.92. The van der Waals surface area contributed by atoms with Gasteiger partial charge in [-0.05, 0) is 42.3 Å². The largest absolute Gasteiger partial charge is 0.492 e.